The zero-order chi connectivity index (χ0) is 45.5. The summed E-state index contributed by atoms with van der Waals surface area (Å²) in [5.74, 6) is -0.132. The monoisotopic (exact) mass is 819 g/mol. The van der Waals surface area contributed by atoms with Crippen LogP contribution >= 0.6 is 0 Å². The SMILES string of the molecule is C=C/C(CC)=C(/C)C(=C)c1ccccc1C.C=CC1=C(/C=C\C)c2ccc(-c3ccc4c(c3)C(CC)(CC)c3cc(C)c(C=C)c(C=C)c3-4)cc2C1(C)C.Cc1ccccc1F. The third-order valence-corrected chi connectivity index (χ3v) is 13.5. The number of aryl methyl sites for hydroxylation is 3. The van der Waals surface area contributed by atoms with Crippen LogP contribution in [0.1, 0.15) is 123 Å². The molecule has 7 rings (SSSR count). The highest BCUT2D eigenvalue weighted by Gasteiger charge is 2.42. The molecular weight excluding hydrogens is 752 g/mol. The third kappa shape index (κ3) is 8.56. The lowest BCUT2D eigenvalue weighted by molar-refractivity contribution is 0.490. The van der Waals surface area contributed by atoms with Crippen molar-refractivity contribution in [2.75, 3.05) is 0 Å². The van der Waals surface area contributed by atoms with E-state index in [4.69, 9.17) is 0 Å². The van der Waals surface area contributed by atoms with Gasteiger partial charge in [0.15, 0.2) is 0 Å². The fourth-order valence-corrected chi connectivity index (χ4v) is 9.74. The van der Waals surface area contributed by atoms with Crippen LogP contribution in [0.25, 0.3) is 45.6 Å². The molecule has 2 aliphatic rings. The van der Waals surface area contributed by atoms with E-state index in [1.54, 1.807) is 19.1 Å². The van der Waals surface area contributed by atoms with E-state index in [0.29, 0.717) is 5.56 Å². The summed E-state index contributed by atoms with van der Waals surface area (Å²) >= 11 is 0. The van der Waals surface area contributed by atoms with Crippen molar-refractivity contribution in [1.82, 2.24) is 0 Å². The van der Waals surface area contributed by atoms with Crippen LogP contribution in [0.15, 0.2) is 165 Å². The van der Waals surface area contributed by atoms with Gasteiger partial charge in [0.25, 0.3) is 0 Å². The Balaban J connectivity index is 0.000000247. The van der Waals surface area contributed by atoms with Gasteiger partial charge in [-0.1, -0.05) is 177 Å². The third-order valence-electron chi connectivity index (χ3n) is 13.5. The molecule has 0 saturated heterocycles. The van der Waals surface area contributed by atoms with E-state index in [0.717, 1.165) is 24.8 Å². The fourth-order valence-electron chi connectivity index (χ4n) is 9.74. The average molecular weight is 819 g/mol. The number of benzene rings is 5. The van der Waals surface area contributed by atoms with E-state index in [1.807, 2.05) is 30.4 Å². The van der Waals surface area contributed by atoms with Gasteiger partial charge in [-0.15, -0.1) is 0 Å². The molecule has 0 aromatic heterocycles. The zero-order valence-corrected chi connectivity index (χ0v) is 39.2. The smallest absolute Gasteiger partial charge is 0.126 e. The normalized spacial score (nSPS) is 14.3. The van der Waals surface area contributed by atoms with Crippen LogP contribution in [-0.4, -0.2) is 0 Å². The molecule has 0 saturated carbocycles. The lowest BCUT2D eigenvalue weighted by Crippen LogP contribution is -2.23. The number of rotatable bonds is 11. The topological polar surface area (TPSA) is 0 Å². The highest BCUT2D eigenvalue weighted by molar-refractivity contribution is 5.93. The Kier molecular flexibility index (Phi) is 15.0. The van der Waals surface area contributed by atoms with Crippen molar-refractivity contribution >= 4 is 23.3 Å². The van der Waals surface area contributed by atoms with Crippen molar-refractivity contribution in [2.45, 2.75) is 99.3 Å². The first-order chi connectivity index (χ1) is 29.6. The van der Waals surface area contributed by atoms with Gasteiger partial charge in [-0.2, -0.15) is 0 Å². The van der Waals surface area contributed by atoms with Crippen LogP contribution in [0.4, 0.5) is 4.39 Å². The summed E-state index contributed by atoms with van der Waals surface area (Å²) < 4.78 is 12.3. The van der Waals surface area contributed by atoms with Gasteiger partial charge in [0, 0.05) is 10.8 Å². The largest absolute Gasteiger partial charge is 0.207 e. The first-order valence-electron chi connectivity index (χ1n) is 22.2. The average Bonchev–Trinajstić information content (AvgIpc) is 3.67. The van der Waals surface area contributed by atoms with Gasteiger partial charge >= 0.3 is 0 Å². The highest BCUT2D eigenvalue weighted by atomic mass is 19.1. The molecule has 62 heavy (non-hydrogen) atoms. The van der Waals surface area contributed by atoms with E-state index < -0.39 is 0 Å². The molecule has 0 atom stereocenters. The van der Waals surface area contributed by atoms with Crippen LogP contribution in [0.3, 0.4) is 0 Å². The Hall–Kier alpha value is -6.05. The van der Waals surface area contributed by atoms with Gasteiger partial charge in [-0.25, -0.2) is 4.39 Å². The van der Waals surface area contributed by atoms with Crippen molar-refractivity contribution < 1.29 is 4.39 Å². The molecule has 1 heteroatoms. The molecule has 0 N–H and O–H groups in total. The zero-order valence-electron chi connectivity index (χ0n) is 39.2. The van der Waals surface area contributed by atoms with Gasteiger partial charge in [0.2, 0.25) is 0 Å². The molecule has 0 aliphatic heterocycles. The fraction of sp³-hybridized carbons (Fsp3) is 0.246. The van der Waals surface area contributed by atoms with Crippen molar-refractivity contribution in [3.8, 4) is 22.3 Å². The van der Waals surface area contributed by atoms with E-state index in [2.05, 4.69) is 174 Å². The van der Waals surface area contributed by atoms with E-state index >= 15 is 0 Å². The molecule has 0 bridgehead atoms. The van der Waals surface area contributed by atoms with Crippen molar-refractivity contribution in [1.29, 1.82) is 0 Å². The van der Waals surface area contributed by atoms with Gasteiger partial charge in [-0.05, 0) is 178 Å². The maximum Gasteiger partial charge on any atom is 0.126 e. The Bertz CT molecular complexity index is 2620. The Morgan fingerprint density at radius 3 is 1.74 bits per heavy atom. The highest BCUT2D eigenvalue weighted by Crippen LogP contribution is 2.56. The van der Waals surface area contributed by atoms with Crippen LogP contribution in [0, 0.1) is 26.6 Å². The maximum absolute atomic E-state index is 12.3. The van der Waals surface area contributed by atoms with Crippen LogP contribution < -0.4 is 0 Å². The lowest BCUT2D eigenvalue weighted by atomic mass is 9.72. The second kappa shape index (κ2) is 19.8. The molecule has 318 valence electrons. The summed E-state index contributed by atoms with van der Waals surface area (Å²) in [6.45, 7) is 42.3. The first kappa shape index (κ1) is 47.0. The molecule has 0 heterocycles. The van der Waals surface area contributed by atoms with Gasteiger partial charge in [-0.3, -0.25) is 0 Å². The second-order valence-corrected chi connectivity index (χ2v) is 17.1. The lowest BCUT2D eigenvalue weighted by Gasteiger charge is -2.30. The number of hydrogen-bond acceptors (Lipinski definition) is 0. The number of allylic oxidation sites excluding steroid dienone is 9. The molecule has 5 aromatic carbocycles. The summed E-state index contributed by atoms with van der Waals surface area (Å²) in [7, 11) is 0. The minimum absolute atomic E-state index is 0.00441. The summed E-state index contributed by atoms with van der Waals surface area (Å²) in [6.07, 6.45) is 15.5. The molecule has 0 nitrogen and oxygen atoms in total. The molecule has 5 aromatic rings. The van der Waals surface area contributed by atoms with Crippen molar-refractivity contribution in [2.24, 2.45) is 0 Å². The number of halogens is 1. The number of fused-ring (bicyclic) bond motifs is 4. The molecule has 0 unspecified atom stereocenters. The van der Waals surface area contributed by atoms with Crippen LogP contribution in [0.5, 0.6) is 0 Å². The standard InChI is InChI=1S/C38H40.C16H20.C7H7F/c1-10-16-29-30-19-17-25(22-33(30)37(8,9)32(29)13-4)26-18-20-31-34(23-26)38(14-5,15-6)35-21-24(7)27(11-2)28(12-3)36(31)35;1-6-15(7-2)13(4)14(5)16-11-9-8-10-12(16)3;1-6-4-2-3-5-7(6)8/h10-13,16-23H,2-4,14-15H2,1,5-9H3;6,8-11H,1,5,7H2,2-4H3;2-5H,1H3/b16-10-;15-13+;. The minimum atomic E-state index is -0.132. The van der Waals surface area contributed by atoms with Gasteiger partial charge < -0.3 is 0 Å². The Labute approximate surface area is 374 Å². The Morgan fingerprint density at radius 1 is 0.661 bits per heavy atom. The molecule has 2 aliphatic carbocycles. The Morgan fingerprint density at radius 2 is 1.24 bits per heavy atom. The van der Waals surface area contributed by atoms with Gasteiger partial charge in [0.1, 0.15) is 5.82 Å². The summed E-state index contributed by atoms with van der Waals surface area (Å²) in [4.78, 5) is 0. The molecule has 0 spiro atoms. The maximum atomic E-state index is 12.3. The first-order valence-corrected chi connectivity index (χ1v) is 22.2. The summed E-state index contributed by atoms with van der Waals surface area (Å²) in [5, 5.41) is 0. The van der Waals surface area contributed by atoms with Crippen molar-refractivity contribution in [3.05, 3.63) is 226 Å². The minimum Gasteiger partial charge on any atom is -0.207 e. The van der Waals surface area contributed by atoms with Crippen LogP contribution in [-0.2, 0) is 10.8 Å². The summed E-state index contributed by atoms with van der Waals surface area (Å²) in [6, 6.07) is 31.6. The van der Waals surface area contributed by atoms with Gasteiger partial charge in [0.05, 0.1) is 0 Å². The quantitative estimate of drug-likeness (QED) is 0.117. The predicted molar refractivity (Wildman–Crippen MR) is 273 cm³/mol. The van der Waals surface area contributed by atoms with E-state index in [-0.39, 0.29) is 16.6 Å². The molecule has 0 radical (unpaired) electrons. The van der Waals surface area contributed by atoms with Crippen LogP contribution in [0.2, 0.25) is 0 Å². The predicted octanol–water partition coefficient (Wildman–Crippen LogP) is 17.9. The van der Waals surface area contributed by atoms with E-state index in [1.165, 1.54) is 101 Å². The second-order valence-electron chi connectivity index (χ2n) is 17.1. The molecule has 0 fully saturated rings. The molecular formula is C61H67F. The molecule has 0 amide bonds. The van der Waals surface area contributed by atoms with E-state index in [9.17, 15) is 4.39 Å². The number of hydrogen-bond donors (Lipinski definition) is 0. The van der Waals surface area contributed by atoms with Crippen molar-refractivity contribution in [3.63, 3.8) is 0 Å². The summed E-state index contributed by atoms with van der Waals surface area (Å²) in [5.41, 5.74) is 23.8.